The number of piperidine rings is 1. The minimum atomic E-state index is -3.05. The average Bonchev–Trinajstić information content (AvgIpc) is 3.10. The van der Waals surface area contributed by atoms with E-state index in [-0.39, 0.29) is 5.75 Å². The molecule has 0 aromatic carbocycles. The number of hydrogen-bond acceptors (Lipinski definition) is 3. The lowest BCUT2D eigenvalue weighted by Gasteiger charge is -2.33. The molecule has 1 aliphatic heterocycles. The molecule has 23 heavy (non-hydrogen) atoms. The van der Waals surface area contributed by atoms with Gasteiger partial charge in [0, 0.05) is 25.2 Å². The second-order valence-corrected chi connectivity index (χ2v) is 9.89. The van der Waals surface area contributed by atoms with Gasteiger partial charge in [-0.05, 0) is 62.6 Å². The Balaban J connectivity index is 1.41. The zero-order valence-corrected chi connectivity index (χ0v) is 15.6. The number of fused-ring (bicyclic) bond motifs is 2. The molecule has 2 saturated carbocycles. The van der Waals surface area contributed by atoms with Gasteiger partial charge < -0.3 is 10.6 Å². The normalized spacial score (nSPS) is 32.1. The molecule has 2 aliphatic carbocycles. The second kappa shape index (κ2) is 7.23. The van der Waals surface area contributed by atoms with E-state index >= 15 is 0 Å². The molecule has 2 N–H and O–H groups in total. The number of rotatable bonds is 5. The summed E-state index contributed by atoms with van der Waals surface area (Å²) in [6.07, 6.45) is 7.72. The van der Waals surface area contributed by atoms with Crippen molar-refractivity contribution in [2.45, 2.75) is 64.0 Å². The van der Waals surface area contributed by atoms with E-state index in [1.807, 2.05) is 6.92 Å². The Morgan fingerprint density at radius 2 is 1.87 bits per heavy atom. The summed E-state index contributed by atoms with van der Waals surface area (Å²) in [6.45, 7) is 3.12. The van der Waals surface area contributed by atoms with Crippen molar-refractivity contribution in [3.63, 3.8) is 0 Å². The lowest BCUT2D eigenvalue weighted by atomic mass is 9.95. The van der Waals surface area contributed by atoms with E-state index < -0.39 is 10.0 Å². The summed E-state index contributed by atoms with van der Waals surface area (Å²) in [5, 5.41) is 7.68. The smallest absolute Gasteiger partial charge is 0.214 e. The standard InChI is InChI=1S/C16H29N3O2S2/c1-2-9-23(20,21)19-7-5-14(6-8-19)17-16(22)18-15-11-12-3-4-13(15)10-12/h12-15H,2-11H2,1H3,(H2,17,18,22). The van der Waals surface area contributed by atoms with Crippen LogP contribution >= 0.6 is 12.2 Å². The van der Waals surface area contributed by atoms with Gasteiger partial charge in [-0.3, -0.25) is 0 Å². The third-order valence-electron chi connectivity index (χ3n) is 5.70. The first-order valence-electron chi connectivity index (χ1n) is 9.02. The fourth-order valence-corrected chi connectivity index (χ4v) is 6.34. The van der Waals surface area contributed by atoms with E-state index in [1.165, 1.54) is 25.7 Å². The van der Waals surface area contributed by atoms with Gasteiger partial charge in [0.1, 0.15) is 0 Å². The Hall–Kier alpha value is -0.400. The van der Waals surface area contributed by atoms with Gasteiger partial charge in [0.25, 0.3) is 0 Å². The van der Waals surface area contributed by atoms with E-state index in [0.717, 1.165) is 29.8 Å². The highest BCUT2D eigenvalue weighted by molar-refractivity contribution is 7.89. The summed E-state index contributed by atoms with van der Waals surface area (Å²) in [5.41, 5.74) is 0. The van der Waals surface area contributed by atoms with Crippen LogP contribution in [0.2, 0.25) is 0 Å². The maximum Gasteiger partial charge on any atom is 0.214 e. The van der Waals surface area contributed by atoms with Crippen molar-refractivity contribution in [2.24, 2.45) is 11.8 Å². The van der Waals surface area contributed by atoms with Crippen molar-refractivity contribution < 1.29 is 8.42 Å². The van der Waals surface area contributed by atoms with Gasteiger partial charge in [0.15, 0.2) is 5.11 Å². The van der Waals surface area contributed by atoms with Gasteiger partial charge in [-0.25, -0.2) is 12.7 Å². The fraction of sp³-hybridized carbons (Fsp3) is 0.938. The zero-order valence-electron chi connectivity index (χ0n) is 14.0. The highest BCUT2D eigenvalue weighted by Gasteiger charge is 2.39. The van der Waals surface area contributed by atoms with Crippen LogP contribution < -0.4 is 10.6 Å². The first kappa shape index (κ1) is 17.4. The molecule has 0 aromatic rings. The van der Waals surface area contributed by atoms with Gasteiger partial charge in [-0.1, -0.05) is 13.3 Å². The van der Waals surface area contributed by atoms with Gasteiger partial charge in [0.2, 0.25) is 10.0 Å². The molecular formula is C16H29N3O2S2. The molecule has 5 nitrogen and oxygen atoms in total. The van der Waals surface area contributed by atoms with Crippen LogP contribution in [0, 0.1) is 11.8 Å². The molecule has 3 aliphatic rings. The Morgan fingerprint density at radius 3 is 2.43 bits per heavy atom. The van der Waals surface area contributed by atoms with Crippen molar-refractivity contribution in [1.82, 2.24) is 14.9 Å². The predicted molar refractivity (Wildman–Crippen MR) is 96.8 cm³/mol. The minimum absolute atomic E-state index is 0.259. The fourth-order valence-electron chi connectivity index (χ4n) is 4.48. The topological polar surface area (TPSA) is 61.4 Å². The molecule has 0 aromatic heterocycles. The largest absolute Gasteiger partial charge is 0.360 e. The number of nitrogens with one attached hydrogen (secondary N) is 2. The molecule has 0 radical (unpaired) electrons. The summed E-state index contributed by atoms with van der Waals surface area (Å²) in [6, 6.07) is 0.848. The van der Waals surface area contributed by atoms with Crippen molar-refractivity contribution in [3.05, 3.63) is 0 Å². The SMILES string of the molecule is CCCS(=O)(=O)N1CCC(NC(=S)NC2CC3CCC2C3)CC1. The molecular weight excluding hydrogens is 330 g/mol. The Bertz CT molecular complexity index is 529. The molecule has 2 bridgehead atoms. The predicted octanol–water partition coefficient (Wildman–Crippen LogP) is 1.84. The molecule has 0 amide bonds. The number of hydrogen-bond donors (Lipinski definition) is 2. The van der Waals surface area contributed by atoms with E-state index in [4.69, 9.17) is 12.2 Å². The lowest BCUT2D eigenvalue weighted by Crippen LogP contribution is -2.51. The van der Waals surface area contributed by atoms with E-state index in [1.54, 1.807) is 4.31 Å². The molecule has 1 saturated heterocycles. The van der Waals surface area contributed by atoms with E-state index in [2.05, 4.69) is 10.6 Å². The van der Waals surface area contributed by atoms with E-state index in [0.29, 0.717) is 31.6 Å². The zero-order chi connectivity index (χ0) is 16.4. The third kappa shape index (κ3) is 4.17. The summed E-state index contributed by atoms with van der Waals surface area (Å²) in [4.78, 5) is 0. The summed E-state index contributed by atoms with van der Waals surface area (Å²) < 4.78 is 25.8. The van der Waals surface area contributed by atoms with Crippen LogP contribution in [0.25, 0.3) is 0 Å². The summed E-state index contributed by atoms with van der Waals surface area (Å²) >= 11 is 5.48. The molecule has 0 spiro atoms. The second-order valence-electron chi connectivity index (χ2n) is 7.39. The maximum absolute atomic E-state index is 12.1. The van der Waals surface area contributed by atoms with E-state index in [9.17, 15) is 8.42 Å². The Kier molecular flexibility index (Phi) is 5.48. The minimum Gasteiger partial charge on any atom is -0.360 e. The molecule has 3 unspecified atom stereocenters. The van der Waals surface area contributed by atoms with Gasteiger partial charge in [0.05, 0.1) is 5.75 Å². The third-order valence-corrected chi connectivity index (χ3v) is 8.01. The van der Waals surface area contributed by atoms with Crippen LogP contribution in [0.15, 0.2) is 0 Å². The number of sulfonamides is 1. The van der Waals surface area contributed by atoms with Crippen molar-refractivity contribution >= 4 is 27.4 Å². The maximum atomic E-state index is 12.1. The summed E-state index contributed by atoms with van der Waals surface area (Å²) in [7, 11) is -3.05. The molecule has 3 fully saturated rings. The van der Waals surface area contributed by atoms with Crippen LogP contribution in [0.3, 0.4) is 0 Å². The van der Waals surface area contributed by atoms with Gasteiger partial charge >= 0.3 is 0 Å². The quantitative estimate of drug-likeness (QED) is 0.734. The highest BCUT2D eigenvalue weighted by Crippen LogP contribution is 2.44. The first-order valence-corrected chi connectivity index (χ1v) is 11.0. The Labute approximate surface area is 145 Å². The van der Waals surface area contributed by atoms with Crippen LogP contribution in [0.5, 0.6) is 0 Å². The van der Waals surface area contributed by atoms with Crippen LogP contribution in [-0.4, -0.2) is 48.8 Å². The Morgan fingerprint density at radius 1 is 1.13 bits per heavy atom. The van der Waals surface area contributed by atoms with Crippen molar-refractivity contribution in [2.75, 3.05) is 18.8 Å². The monoisotopic (exact) mass is 359 g/mol. The molecule has 132 valence electrons. The van der Waals surface area contributed by atoms with Crippen LogP contribution in [-0.2, 0) is 10.0 Å². The average molecular weight is 360 g/mol. The van der Waals surface area contributed by atoms with Crippen molar-refractivity contribution in [3.8, 4) is 0 Å². The number of thiocarbonyl (C=S) groups is 1. The highest BCUT2D eigenvalue weighted by atomic mass is 32.2. The van der Waals surface area contributed by atoms with Crippen molar-refractivity contribution in [1.29, 1.82) is 0 Å². The first-order chi connectivity index (χ1) is 11.0. The number of nitrogens with zero attached hydrogens (tertiary/aromatic N) is 1. The molecule has 7 heteroatoms. The lowest BCUT2D eigenvalue weighted by molar-refractivity contribution is 0.305. The van der Waals surface area contributed by atoms with Crippen LogP contribution in [0.1, 0.15) is 51.9 Å². The molecule has 3 atom stereocenters. The van der Waals surface area contributed by atoms with Gasteiger partial charge in [-0.2, -0.15) is 0 Å². The van der Waals surface area contributed by atoms with Crippen LogP contribution in [0.4, 0.5) is 0 Å². The summed E-state index contributed by atoms with van der Waals surface area (Å²) in [5.74, 6) is 1.98. The molecule has 1 heterocycles. The molecule has 3 rings (SSSR count). The van der Waals surface area contributed by atoms with Gasteiger partial charge in [-0.15, -0.1) is 0 Å².